The maximum absolute atomic E-state index is 12.4. The van der Waals surface area contributed by atoms with Crippen LogP contribution >= 0.6 is 0 Å². The highest BCUT2D eigenvalue weighted by molar-refractivity contribution is 6.12. The molecule has 102 valence electrons. The van der Waals surface area contributed by atoms with Gasteiger partial charge in [0.05, 0.1) is 19.8 Å². The molecule has 0 radical (unpaired) electrons. The van der Waals surface area contributed by atoms with Crippen LogP contribution < -0.4 is 9.47 Å². The smallest absolute Gasteiger partial charge is 0.195 e. The fourth-order valence-corrected chi connectivity index (χ4v) is 1.78. The molecule has 2 rings (SSSR count). The molecule has 0 fully saturated rings. The number of rotatable bonds is 5. The van der Waals surface area contributed by atoms with E-state index in [9.17, 15) is 9.70 Å². The zero-order valence-electron chi connectivity index (χ0n) is 11.0. The van der Waals surface area contributed by atoms with Crippen LogP contribution in [0.2, 0.25) is 0 Å². The van der Waals surface area contributed by atoms with Crippen LogP contribution in [-0.4, -0.2) is 25.0 Å². The lowest BCUT2D eigenvalue weighted by Crippen LogP contribution is -2.03. The van der Waals surface area contributed by atoms with Crippen molar-refractivity contribution in [2.75, 3.05) is 14.2 Å². The first-order valence-electron chi connectivity index (χ1n) is 5.75. The number of nitroso groups, excluding NO2 is 1. The van der Waals surface area contributed by atoms with Crippen molar-refractivity contribution in [1.29, 1.82) is 0 Å². The number of nitrogens with zero attached hydrogens (tertiary/aromatic N) is 2. The average Bonchev–Trinajstić information content (AvgIpc) is 2.53. The Morgan fingerprint density at radius 3 is 2.25 bits per heavy atom. The van der Waals surface area contributed by atoms with E-state index in [0.717, 1.165) is 0 Å². The third-order valence-corrected chi connectivity index (χ3v) is 2.79. The Bertz CT molecular complexity index is 641. The number of ether oxygens (including phenoxy) is 2. The van der Waals surface area contributed by atoms with Gasteiger partial charge in [-0.2, -0.15) is 0 Å². The van der Waals surface area contributed by atoms with Crippen LogP contribution in [0.25, 0.3) is 0 Å². The fourth-order valence-electron chi connectivity index (χ4n) is 1.78. The van der Waals surface area contributed by atoms with Crippen molar-refractivity contribution in [1.82, 2.24) is 4.98 Å². The molecule has 0 amide bonds. The number of methoxy groups -OCH3 is 2. The maximum Gasteiger partial charge on any atom is 0.195 e. The van der Waals surface area contributed by atoms with E-state index in [0.29, 0.717) is 17.1 Å². The molecule has 0 aliphatic heterocycles. The second-order valence-electron chi connectivity index (χ2n) is 3.88. The molecule has 0 N–H and O–H groups in total. The molecule has 1 heterocycles. The van der Waals surface area contributed by atoms with Crippen molar-refractivity contribution < 1.29 is 14.3 Å². The van der Waals surface area contributed by atoms with Gasteiger partial charge < -0.3 is 9.47 Å². The lowest BCUT2D eigenvalue weighted by atomic mass is 10.0. The van der Waals surface area contributed by atoms with E-state index in [1.807, 2.05) is 0 Å². The average molecular weight is 272 g/mol. The molecule has 20 heavy (non-hydrogen) atoms. The molecule has 0 saturated heterocycles. The maximum atomic E-state index is 12.4. The van der Waals surface area contributed by atoms with Crippen molar-refractivity contribution in [3.8, 4) is 11.5 Å². The number of hydrogen-bond acceptors (Lipinski definition) is 6. The highest BCUT2D eigenvalue weighted by atomic mass is 16.5. The van der Waals surface area contributed by atoms with Crippen LogP contribution in [0.5, 0.6) is 11.5 Å². The monoisotopic (exact) mass is 272 g/mol. The van der Waals surface area contributed by atoms with Gasteiger partial charge in [-0.1, -0.05) is 0 Å². The molecule has 6 nitrogen and oxygen atoms in total. The van der Waals surface area contributed by atoms with Crippen LogP contribution in [0.1, 0.15) is 15.9 Å². The third kappa shape index (κ3) is 2.49. The quantitative estimate of drug-likeness (QED) is 0.617. The van der Waals surface area contributed by atoms with Crippen LogP contribution in [0.3, 0.4) is 0 Å². The molecule has 0 aliphatic carbocycles. The molecule has 1 aromatic heterocycles. The van der Waals surface area contributed by atoms with E-state index in [-0.39, 0.29) is 17.0 Å². The van der Waals surface area contributed by atoms with Gasteiger partial charge in [-0.15, -0.1) is 4.91 Å². The SMILES string of the molecule is COc1cc(N=O)c(C(=O)c2ccncc2)cc1OC. The van der Waals surface area contributed by atoms with Gasteiger partial charge in [0.25, 0.3) is 0 Å². The van der Waals surface area contributed by atoms with Crippen molar-refractivity contribution in [3.05, 3.63) is 52.7 Å². The largest absolute Gasteiger partial charge is 0.493 e. The molecule has 0 atom stereocenters. The second-order valence-corrected chi connectivity index (χ2v) is 3.88. The molecule has 0 bridgehead atoms. The highest BCUT2D eigenvalue weighted by Crippen LogP contribution is 2.35. The Hall–Kier alpha value is -2.76. The number of carbonyl (C=O) groups excluding carboxylic acids is 1. The highest BCUT2D eigenvalue weighted by Gasteiger charge is 2.18. The number of ketones is 1. The summed E-state index contributed by atoms with van der Waals surface area (Å²) in [5, 5.41) is 2.88. The van der Waals surface area contributed by atoms with Gasteiger partial charge in [-0.05, 0) is 23.4 Å². The molecule has 0 aliphatic rings. The normalized spacial score (nSPS) is 9.90. The van der Waals surface area contributed by atoms with E-state index in [4.69, 9.17) is 9.47 Å². The Morgan fingerprint density at radius 2 is 1.70 bits per heavy atom. The second kappa shape index (κ2) is 5.92. The first-order chi connectivity index (χ1) is 9.71. The fraction of sp³-hybridized carbons (Fsp3) is 0.143. The number of aromatic nitrogens is 1. The first kappa shape index (κ1) is 13.7. The number of carbonyl (C=O) groups is 1. The van der Waals surface area contributed by atoms with E-state index >= 15 is 0 Å². The molecule has 1 aromatic carbocycles. The van der Waals surface area contributed by atoms with Crippen LogP contribution in [0.4, 0.5) is 5.69 Å². The van der Waals surface area contributed by atoms with Gasteiger partial charge in [-0.3, -0.25) is 9.78 Å². The van der Waals surface area contributed by atoms with Gasteiger partial charge in [0.15, 0.2) is 17.3 Å². The van der Waals surface area contributed by atoms with Crippen LogP contribution in [-0.2, 0) is 0 Å². The minimum Gasteiger partial charge on any atom is -0.493 e. The molecular formula is C14H12N2O4. The summed E-state index contributed by atoms with van der Waals surface area (Å²) in [5.41, 5.74) is 0.574. The minimum absolute atomic E-state index is 0.00413. The minimum atomic E-state index is -0.331. The zero-order valence-corrected chi connectivity index (χ0v) is 11.0. The third-order valence-electron chi connectivity index (χ3n) is 2.79. The van der Waals surface area contributed by atoms with Crippen LogP contribution in [0.15, 0.2) is 41.8 Å². The number of pyridine rings is 1. The summed E-state index contributed by atoms with van der Waals surface area (Å²) in [6, 6.07) is 5.94. The molecule has 0 spiro atoms. The van der Waals surface area contributed by atoms with Crippen molar-refractivity contribution in [2.24, 2.45) is 5.18 Å². The Kier molecular flexibility index (Phi) is 4.05. The summed E-state index contributed by atoms with van der Waals surface area (Å²) in [5.74, 6) is 0.369. The molecule has 6 heteroatoms. The van der Waals surface area contributed by atoms with Gasteiger partial charge >= 0.3 is 0 Å². The summed E-state index contributed by atoms with van der Waals surface area (Å²) in [4.78, 5) is 27.1. The molecule has 0 unspecified atom stereocenters. The predicted molar refractivity (Wildman–Crippen MR) is 72.7 cm³/mol. The van der Waals surface area contributed by atoms with E-state index in [2.05, 4.69) is 10.2 Å². The standard InChI is InChI=1S/C14H12N2O4/c1-19-12-7-10(11(16-18)8-13(12)20-2)14(17)9-3-5-15-6-4-9/h3-8H,1-2H3. The Morgan fingerprint density at radius 1 is 1.10 bits per heavy atom. The van der Waals surface area contributed by atoms with Crippen molar-refractivity contribution in [2.45, 2.75) is 0 Å². The van der Waals surface area contributed by atoms with Crippen molar-refractivity contribution in [3.63, 3.8) is 0 Å². The lowest BCUT2D eigenvalue weighted by Gasteiger charge is -2.10. The van der Waals surface area contributed by atoms with Crippen molar-refractivity contribution >= 4 is 11.5 Å². The van der Waals surface area contributed by atoms with Gasteiger partial charge in [0, 0.05) is 24.0 Å². The summed E-state index contributed by atoms with van der Waals surface area (Å²) >= 11 is 0. The van der Waals surface area contributed by atoms with Gasteiger partial charge in [0.2, 0.25) is 0 Å². The Labute approximate surface area is 115 Å². The molecule has 2 aromatic rings. The number of hydrogen-bond donors (Lipinski definition) is 0. The van der Waals surface area contributed by atoms with Crippen LogP contribution in [0, 0.1) is 4.91 Å². The topological polar surface area (TPSA) is 77.9 Å². The first-order valence-corrected chi connectivity index (χ1v) is 5.75. The Balaban J connectivity index is 2.55. The summed E-state index contributed by atoms with van der Waals surface area (Å²) < 4.78 is 10.2. The predicted octanol–water partition coefficient (Wildman–Crippen LogP) is 2.73. The zero-order chi connectivity index (χ0) is 14.5. The van der Waals surface area contributed by atoms with Gasteiger partial charge in [0.1, 0.15) is 5.69 Å². The lowest BCUT2D eigenvalue weighted by molar-refractivity contribution is 0.103. The summed E-state index contributed by atoms with van der Waals surface area (Å²) in [6.45, 7) is 0. The van der Waals surface area contributed by atoms with E-state index < -0.39 is 0 Å². The summed E-state index contributed by atoms with van der Waals surface area (Å²) in [7, 11) is 2.89. The van der Waals surface area contributed by atoms with E-state index in [1.165, 1.54) is 38.7 Å². The molecular weight excluding hydrogens is 260 g/mol. The molecule has 0 saturated carbocycles. The summed E-state index contributed by atoms with van der Waals surface area (Å²) in [6.07, 6.45) is 3.00. The number of benzene rings is 1. The van der Waals surface area contributed by atoms with E-state index in [1.54, 1.807) is 12.1 Å². The van der Waals surface area contributed by atoms with Gasteiger partial charge in [-0.25, -0.2) is 0 Å².